The second-order valence-electron chi connectivity index (χ2n) is 3.26. The lowest BCUT2D eigenvalue weighted by Crippen LogP contribution is -2.05. The Kier molecular flexibility index (Phi) is 3.46. The van der Waals surface area contributed by atoms with Crippen molar-refractivity contribution in [1.29, 1.82) is 0 Å². The normalized spacial score (nSPS) is 10.4. The van der Waals surface area contributed by atoms with Crippen LogP contribution in [0, 0.1) is 11.6 Å². The number of nitrogens with one attached hydrogen (secondary N) is 1. The summed E-state index contributed by atoms with van der Waals surface area (Å²) in [5.74, 6) is -1.14. The van der Waals surface area contributed by atoms with Crippen LogP contribution < -0.4 is 5.32 Å². The average molecular weight is 240 g/mol. The van der Waals surface area contributed by atoms with Gasteiger partial charge in [0.15, 0.2) is 0 Å². The van der Waals surface area contributed by atoms with E-state index < -0.39 is 11.6 Å². The molecule has 1 heterocycles. The summed E-state index contributed by atoms with van der Waals surface area (Å²) in [5.41, 5.74) is 0.453. The molecule has 1 N–H and O–H groups in total. The third kappa shape index (κ3) is 3.00. The highest BCUT2D eigenvalue weighted by Gasteiger charge is 2.00. The molecule has 0 radical (unpaired) electrons. The lowest BCUT2D eigenvalue weighted by atomic mass is 10.3. The number of benzene rings is 1. The summed E-state index contributed by atoms with van der Waals surface area (Å²) in [5, 5.41) is 5.86. The van der Waals surface area contributed by atoms with Gasteiger partial charge in [-0.25, -0.2) is 13.8 Å². The van der Waals surface area contributed by atoms with Gasteiger partial charge in [0.25, 0.3) is 0 Å². The van der Waals surface area contributed by atoms with E-state index >= 15 is 0 Å². The standard InChI is InChI=1S/C11H10F2N2S/c12-8-5-9(13)7-10(6-8)14-2-1-11-15-3-4-16-11/h3-7,14H,1-2H2. The molecule has 0 aliphatic carbocycles. The molecule has 84 valence electrons. The molecule has 0 atom stereocenters. The van der Waals surface area contributed by atoms with Crippen LogP contribution in [0.25, 0.3) is 0 Å². The fourth-order valence-corrected chi connectivity index (χ4v) is 1.97. The van der Waals surface area contributed by atoms with Crippen molar-refractivity contribution in [2.45, 2.75) is 6.42 Å². The zero-order valence-electron chi connectivity index (χ0n) is 8.41. The summed E-state index contributed by atoms with van der Waals surface area (Å²) in [6.45, 7) is 0.608. The summed E-state index contributed by atoms with van der Waals surface area (Å²) >= 11 is 1.57. The smallest absolute Gasteiger partial charge is 0.128 e. The van der Waals surface area contributed by atoms with Crippen molar-refractivity contribution in [2.24, 2.45) is 0 Å². The van der Waals surface area contributed by atoms with Crippen molar-refractivity contribution in [2.75, 3.05) is 11.9 Å². The van der Waals surface area contributed by atoms with Crippen molar-refractivity contribution < 1.29 is 8.78 Å². The number of hydrogen-bond donors (Lipinski definition) is 1. The zero-order chi connectivity index (χ0) is 11.4. The van der Waals surface area contributed by atoms with E-state index in [-0.39, 0.29) is 0 Å². The van der Waals surface area contributed by atoms with Crippen LogP contribution >= 0.6 is 11.3 Å². The van der Waals surface area contributed by atoms with Gasteiger partial charge in [0.1, 0.15) is 11.6 Å². The van der Waals surface area contributed by atoms with Crippen molar-refractivity contribution in [3.63, 3.8) is 0 Å². The minimum Gasteiger partial charge on any atom is -0.384 e. The van der Waals surface area contributed by atoms with Gasteiger partial charge >= 0.3 is 0 Å². The van der Waals surface area contributed by atoms with Gasteiger partial charge in [-0.1, -0.05) is 0 Å². The fraction of sp³-hybridized carbons (Fsp3) is 0.182. The Morgan fingerprint density at radius 3 is 2.56 bits per heavy atom. The molecule has 5 heteroatoms. The molecular formula is C11H10F2N2S. The molecule has 16 heavy (non-hydrogen) atoms. The third-order valence-electron chi connectivity index (χ3n) is 2.01. The van der Waals surface area contributed by atoms with E-state index in [1.807, 2.05) is 5.38 Å². The molecule has 0 aliphatic heterocycles. The highest BCUT2D eigenvalue weighted by Crippen LogP contribution is 2.13. The van der Waals surface area contributed by atoms with Gasteiger partial charge < -0.3 is 5.32 Å². The second-order valence-corrected chi connectivity index (χ2v) is 4.24. The van der Waals surface area contributed by atoms with Gasteiger partial charge in [0, 0.05) is 36.3 Å². The van der Waals surface area contributed by atoms with Crippen LogP contribution in [0.5, 0.6) is 0 Å². The van der Waals surface area contributed by atoms with Crippen molar-refractivity contribution in [3.05, 3.63) is 46.4 Å². The zero-order valence-corrected chi connectivity index (χ0v) is 9.23. The average Bonchev–Trinajstić information content (AvgIpc) is 2.69. The van der Waals surface area contributed by atoms with Crippen molar-refractivity contribution >= 4 is 17.0 Å². The maximum absolute atomic E-state index is 12.8. The molecule has 2 aromatic rings. The molecule has 2 nitrogen and oxygen atoms in total. The van der Waals surface area contributed by atoms with Gasteiger partial charge in [-0.2, -0.15) is 0 Å². The molecule has 0 saturated carbocycles. The van der Waals surface area contributed by atoms with Gasteiger partial charge in [-0.15, -0.1) is 11.3 Å². The van der Waals surface area contributed by atoms with E-state index in [0.29, 0.717) is 12.2 Å². The minimum atomic E-state index is -0.572. The first kappa shape index (κ1) is 11.0. The van der Waals surface area contributed by atoms with E-state index in [0.717, 1.165) is 17.5 Å². The quantitative estimate of drug-likeness (QED) is 0.888. The van der Waals surface area contributed by atoms with E-state index in [2.05, 4.69) is 10.3 Å². The first-order valence-electron chi connectivity index (χ1n) is 4.82. The number of anilines is 1. The van der Waals surface area contributed by atoms with Gasteiger partial charge in [-0.05, 0) is 12.1 Å². The summed E-state index contributed by atoms with van der Waals surface area (Å²) in [4.78, 5) is 4.11. The van der Waals surface area contributed by atoms with Crippen molar-refractivity contribution in [3.8, 4) is 0 Å². The number of aromatic nitrogens is 1. The monoisotopic (exact) mass is 240 g/mol. The summed E-state index contributed by atoms with van der Waals surface area (Å²) in [7, 11) is 0. The van der Waals surface area contributed by atoms with E-state index in [1.165, 1.54) is 12.1 Å². The molecule has 0 saturated heterocycles. The molecule has 1 aromatic heterocycles. The molecule has 0 spiro atoms. The Hall–Kier alpha value is -1.49. The van der Waals surface area contributed by atoms with Gasteiger partial charge in [0.2, 0.25) is 0 Å². The van der Waals surface area contributed by atoms with E-state index in [1.54, 1.807) is 17.5 Å². The Morgan fingerprint density at radius 1 is 1.19 bits per heavy atom. The van der Waals surface area contributed by atoms with Gasteiger partial charge in [0.05, 0.1) is 5.01 Å². The van der Waals surface area contributed by atoms with Crippen LogP contribution in [0.15, 0.2) is 29.8 Å². The summed E-state index contributed by atoms with van der Waals surface area (Å²) in [6, 6.07) is 3.39. The van der Waals surface area contributed by atoms with Crippen LogP contribution in [0.4, 0.5) is 14.5 Å². The Labute approximate surface area is 96.0 Å². The van der Waals surface area contributed by atoms with E-state index in [4.69, 9.17) is 0 Å². The molecule has 2 rings (SSSR count). The van der Waals surface area contributed by atoms with Gasteiger partial charge in [-0.3, -0.25) is 0 Å². The predicted octanol–water partition coefficient (Wildman–Crippen LogP) is 3.08. The number of thiazole rings is 1. The molecule has 0 bridgehead atoms. The van der Waals surface area contributed by atoms with Crippen molar-refractivity contribution in [1.82, 2.24) is 4.98 Å². The largest absolute Gasteiger partial charge is 0.384 e. The number of nitrogens with zero attached hydrogens (tertiary/aromatic N) is 1. The Morgan fingerprint density at radius 2 is 1.94 bits per heavy atom. The number of hydrogen-bond acceptors (Lipinski definition) is 3. The predicted molar refractivity (Wildman–Crippen MR) is 60.7 cm³/mol. The SMILES string of the molecule is Fc1cc(F)cc(NCCc2nccs2)c1. The molecule has 0 aliphatic rings. The molecule has 0 amide bonds. The van der Waals surface area contributed by atoms with Crippen LogP contribution in [0.1, 0.15) is 5.01 Å². The van der Waals surface area contributed by atoms with E-state index in [9.17, 15) is 8.78 Å². The van der Waals surface area contributed by atoms with Crippen LogP contribution in [-0.2, 0) is 6.42 Å². The first-order chi connectivity index (χ1) is 7.74. The number of rotatable bonds is 4. The minimum absolute atomic E-state index is 0.453. The highest BCUT2D eigenvalue weighted by atomic mass is 32.1. The topological polar surface area (TPSA) is 24.9 Å². The summed E-state index contributed by atoms with van der Waals surface area (Å²) in [6.07, 6.45) is 2.48. The van der Waals surface area contributed by atoms with Crippen LogP contribution in [0.3, 0.4) is 0 Å². The van der Waals surface area contributed by atoms with Crippen LogP contribution in [0.2, 0.25) is 0 Å². The molecular weight excluding hydrogens is 230 g/mol. The lowest BCUT2D eigenvalue weighted by Gasteiger charge is -2.05. The molecule has 0 fully saturated rings. The first-order valence-corrected chi connectivity index (χ1v) is 5.70. The Balaban J connectivity index is 1.89. The second kappa shape index (κ2) is 5.03. The lowest BCUT2D eigenvalue weighted by molar-refractivity contribution is 0.584. The fourth-order valence-electron chi connectivity index (χ4n) is 1.35. The maximum Gasteiger partial charge on any atom is 0.128 e. The summed E-state index contributed by atoms with van der Waals surface area (Å²) < 4.78 is 25.7. The highest BCUT2D eigenvalue weighted by molar-refractivity contribution is 7.09. The van der Waals surface area contributed by atoms with Crippen LogP contribution in [-0.4, -0.2) is 11.5 Å². The Bertz CT molecular complexity index is 437. The molecule has 0 unspecified atom stereocenters. The third-order valence-corrected chi connectivity index (χ3v) is 2.85. The number of halogens is 2. The molecule has 1 aromatic carbocycles. The maximum atomic E-state index is 12.8.